The zero-order valence-electron chi connectivity index (χ0n) is 24.3. The van der Waals surface area contributed by atoms with Gasteiger partial charge in [0.25, 0.3) is 0 Å². The molecule has 1 aliphatic heterocycles. The summed E-state index contributed by atoms with van der Waals surface area (Å²) in [5, 5.41) is 13.0. The van der Waals surface area contributed by atoms with Crippen molar-refractivity contribution in [3.05, 3.63) is 17.6 Å². The summed E-state index contributed by atoms with van der Waals surface area (Å²) < 4.78 is 5.29. The van der Waals surface area contributed by atoms with Crippen molar-refractivity contribution in [1.29, 1.82) is 0 Å². The molecule has 1 aromatic rings. The molecule has 0 spiro atoms. The molecule has 0 atom stereocenters. The number of amides is 1. The van der Waals surface area contributed by atoms with Gasteiger partial charge >= 0.3 is 0 Å². The van der Waals surface area contributed by atoms with Gasteiger partial charge in [-0.2, -0.15) is 0 Å². The van der Waals surface area contributed by atoms with E-state index in [-0.39, 0.29) is 23.3 Å². The zero-order valence-corrected chi connectivity index (χ0v) is 24.3. The average molecular weight is 530 g/mol. The minimum atomic E-state index is -0.204. The van der Waals surface area contributed by atoms with Crippen molar-refractivity contribution in [2.45, 2.75) is 103 Å². The first-order valence-corrected chi connectivity index (χ1v) is 15.0. The number of carbonyl (C=O) groups is 1. The Morgan fingerprint density at radius 1 is 1.03 bits per heavy atom. The van der Waals surface area contributed by atoms with E-state index in [1.807, 2.05) is 0 Å². The Hall–Kier alpha value is -1.77. The fourth-order valence-corrected chi connectivity index (χ4v) is 6.13. The van der Waals surface area contributed by atoms with Crippen molar-refractivity contribution >= 4 is 11.7 Å². The largest absolute Gasteiger partial charge is 0.393 e. The summed E-state index contributed by atoms with van der Waals surface area (Å²) in [7, 11) is 1.74. The van der Waals surface area contributed by atoms with Crippen molar-refractivity contribution in [2.24, 2.45) is 11.8 Å². The van der Waals surface area contributed by atoms with Crippen LogP contribution in [0.3, 0.4) is 0 Å². The summed E-state index contributed by atoms with van der Waals surface area (Å²) >= 11 is 0. The third kappa shape index (κ3) is 8.36. The number of aromatic nitrogens is 2. The van der Waals surface area contributed by atoms with E-state index in [4.69, 9.17) is 14.7 Å². The predicted octanol–water partition coefficient (Wildman–Crippen LogP) is 3.70. The van der Waals surface area contributed by atoms with Gasteiger partial charge in [-0.15, -0.1) is 0 Å². The van der Waals surface area contributed by atoms with Crippen LogP contribution in [0.2, 0.25) is 0 Å². The molecule has 8 heteroatoms. The maximum absolute atomic E-state index is 12.6. The Morgan fingerprint density at radius 3 is 2.34 bits per heavy atom. The molecule has 0 radical (unpaired) electrons. The standard InChI is InChI=1S/C30H51N5O3/c1-30(2,3)29-32-25(14-20-38-4)21-27(33-29)35-18-16-34(17-19-35)15-13-22-5-9-24(10-6-22)31-28(37)23-7-11-26(36)12-8-23/h21-24,26,36H,5-20H2,1-4H3,(H,31,37). The average Bonchev–Trinajstić information content (AvgIpc) is 2.91. The lowest BCUT2D eigenvalue weighted by Gasteiger charge is -2.37. The Kier molecular flexibility index (Phi) is 10.4. The van der Waals surface area contributed by atoms with Crippen LogP contribution in [-0.4, -0.2) is 84.5 Å². The molecule has 0 unspecified atom stereocenters. The number of nitrogens with zero attached hydrogens (tertiary/aromatic N) is 4. The lowest BCUT2D eigenvalue weighted by atomic mass is 9.83. The number of hydrogen-bond donors (Lipinski definition) is 2. The lowest BCUT2D eigenvalue weighted by molar-refractivity contribution is -0.127. The number of aliphatic hydroxyl groups excluding tert-OH is 1. The van der Waals surface area contributed by atoms with Gasteiger partial charge in [0, 0.05) is 68.8 Å². The maximum atomic E-state index is 12.6. The van der Waals surface area contributed by atoms with Crippen molar-refractivity contribution < 1.29 is 14.6 Å². The molecule has 2 aliphatic carbocycles. The number of carbonyl (C=O) groups excluding carboxylic acids is 1. The van der Waals surface area contributed by atoms with Crippen LogP contribution < -0.4 is 10.2 Å². The molecule has 2 heterocycles. The Morgan fingerprint density at radius 2 is 1.71 bits per heavy atom. The zero-order chi connectivity index (χ0) is 27.1. The van der Waals surface area contributed by atoms with E-state index in [9.17, 15) is 9.90 Å². The second-order valence-electron chi connectivity index (χ2n) is 12.9. The van der Waals surface area contributed by atoms with Gasteiger partial charge in [-0.3, -0.25) is 9.69 Å². The van der Waals surface area contributed by atoms with Gasteiger partial charge in [-0.25, -0.2) is 9.97 Å². The molecule has 0 aromatic carbocycles. The number of ether oxygens (including phenoxy) is 1. The summed E-state index contributed by atoms with van der Waals surface area (Å²) in [5.41, 5.74) is 0.981. The van der Waals surface area contributed by atoms with Crippen molar-refractivity contribution in [3.8, 4) is 0 Å². The fraction of sp³-hybridized carbons (Fsp3) is 0.833. The minimum absolute atomic E-state index is 0.0824. The minimum Gasteiger partial charge on any atom is -0.393 e. The van der Waals surface area contributed by atoms with Crippen molar-refractivity contribution in [2.75, 3.05) is 51.3 Å². The second kappa shape index (κ2) is 13.5. The topological polar surface area (TPSA) is 90.8 Å². The molecule has 3 aliphatic rings. The normalized spacial score (nSPS) is 27.3. The quantitative estimate of drug-likeness (QED) is 0.504. The first-order chi connectivity index (χ1) is 18.2. The SMILES string of the molecule is COCCc1cc(N2CCN(CCC3CCC(NC(=O)C4CCC(O)CC4)CC3)CC2)nc(C(C)(C)C)n1. The van der Waals surface area contributed by atoms with E-state index in [1.165, 1.54) is 19.3 Å². The number of aliphatic hydroxyl groups is 1. The summed E-state index contributed by atoms with van der Waals surface area (Å²) in [6, 6.07) is 2.49. The molecule has 2 saturated carbocycles. The molecular weight excluding hydrogens is 478 g/mol. The number of methoxy groups -OCH3 is 1. The Balaban J connectivity index is 1.18. The molecule has 8 nitrogen and oxygen atoms in total. The van der Waals surface area contributed by atoms with E-state index in [1.54, 1.807) is 7.11 Å². The van der Waals surface area contributed by atoms with Crippen LogP contribution in [0.4, 0.5) is 5.82 Å². The number of piperazine rings is 1. The molecule has 4 rings (SSSR count). The van der Waals surface area contributed by atoms with Gasteiger partial charge in [0.1, 0.15) is 11.6 Å². The van der Waals surface area contributed by atoms with Crippen molar-refractivity contribution in [3.63, 3.8) is 0 Å². The molecule has 1 saturated heterocycles. The highest BCUT2D eigenvalue weighted by atomic mass is 16.5. The van der Waals surface area contributed by atoms with Crippen LogP contribution in [0.1, 0.15) is 90.1 Å². The van der Waals surface area contributed by atoms with Gasteiger partial charge in [-0.1, -0.05) is 20.8 Å². The molecule has 1 aromatic heterocycles. The molecule has 214 valence electrons. The van der Waals surface area contributed by atoms with Crippen LogP contribution in [0.15, 0.2) is 6.07 Å². The Bertz CT molecular complexity index is 880. The molecule has 3 fully saturated rings. The van der Waals surface area contributed by atoms with E-state index in [0.717, 1.165) is 101 Å². The van der Waals surface area contributed by atoms with Crippen LogP contribution in [0.5, 0.6) is 0 Å². The van der Waals surface area contributed by atoms with Crippen molar-refractivity contribution in [1.82, 2.24) is 20.2 Å². The van der Waals surface area contributed by atoms with E-state index in [0.29, 0.717) is 12.6 Å². The van der Waals surface area contributed by atoms with Crippen LogP contribution in [-0.2, 0) is 21.4 Å². The van der Waals surface area contributed by atoms with Gasteiger partial charge in [0.15, 0.2) is 0 Å². The monoisotopic (exact) mass is 529 g/mol. The number of anilines is 1. The highest BCUT2D eigenvalue weighted by molar-refractivity contribution is 5.79. The van der Waals surface area contributed by atoms with Crippen LogP contribution in [0.25, 0.3) is 0 Å². The number of rotatable bonds is 9. The third-order valence-electron chi connectivity index (χ3n) is 8.81. The second-order valence-corrected chi connectivity index (χ2v) is 12.9. The molecule has 38 heavy (non-hydrogen) atoms. The van der Waals surface area contributed by atoms with Gasteiger partial charge in [-0.05, 0) is 70.3 Å². The highest BCUT2D eigenvalue weighted by Gasteiger charge is 2.29. The lowest BCUT2D eigenvalue weighted by Crippen LogP contribution is -2.47. The summed E-state index contributed by atoms with van der Waals surface area (Å²) in [6.45, 7) is 12.5. The Labute approximate surface area is 229 Å². The predicted molar refractivity (Wildman–Crippen MR) is 151 cm³/mol. The highest BCUT2D eigenvalue weighted by Crippen LogP contribution is 2.29. The first kappa shape index (κ1) is 29.2. The van der Waals surface area contributed by atoms with Crippen LogP contribution in [0, 0.1) is 11.8 Å². The van der Waals surface area contributed by atoms with E-state index in [2.05, 4.69) is 42.0 Å². The van der Waals surface area contributed by atoms with Gasteiger partial charge in [0.2, 0.25) is 5.91 Å². The van der Waals surface area contributed by atoms with Gasteiger partial charge in [0.05, 0.1) is 12.7 Å². The first-order valence-electron chi connectivity index (χ1n) is 15.0. The summed E-state index contributed by atoms with van der Waals surface area (Å²) in [5.74, 6) is 3.07. The number of nitrogens with one attached hydrogen (secondary N) is 1. The maximum Gasteiger partial charge on any atom is 0.223 e. The van der Waals surface area contributed by atoms with Crippen LogP contribution >= 0.6 is 0 Å². The summed E-state index contributed by atoms with van der Waals surface area (Å²) in [4.78, 5) is 27.4. The third-order valence-corrected chi connectivity index (χ3v) is 8.81. The molecule has 1 amide bonds. The molecule has 2 N–H and O–H groups in total. The van der Waals surface area contributed by atoms with E-state index < -0.39 is 0 Å². The molecular formula is C30H51N5O3. The summed E-state index contributed by atoms with van der Waals surface area (Å²) in [6.07, 6.45) is 9.71. The van der Waals surface area contributed by atoms with Gasteiger partial charge < -0.3 is 20.1 Å². The fourth-order valence-electron chi connectivity index (χ4n) is 6.13. The van der Waals surface area contributed by atoms with E-state index >= 15 is 0 Å². The number of hydrogen-bond acceptors (Lipinski definition) is 7. The smallest absolute Gasteiger partial charge is 0.223 e. The molecule has 0 bridgehead atoms.